The van der Waals surface area contributed by atoms with Crippen LogP contribution in [0.2, 0.25) is 0 Å². The summed E-state index contributed by atoms with van der Waals surface area (Å²) in [6.45, 7) is 0.176. The van der Waals surface area contributed by atoms with Crippen LogP contribution in [0, 0.1) is 11.3 Å². The number of halogens is 1. The van der Waals surface area contributed by atoms with Crippen molar-refractivity contribution in [2.24, 2.45) is 5.14 Å². The minimum absolute atomic E-state index is 0.0782. The van der Waals surface area contributed by atoms with Crippen molar-refractivity contribution in [1.29, 1.82) is 5.26 Å². The quantitative estimate of drug-likeness (QED) is 0.899. The minimum Gasteiger partial charge on any atom is -0.487 e. The van der Waals surface area contributed by atoms with Gasteiger partial charge in [-0.3, -0.25) is 0 Å². The van der Waals surface area contributed by atoms with E-state index in [-0.39, 0.29) is 17.3 Å². The zero-order valence-electron chi connectivity index (χ0n) is 10.8. The van der Waals surface area contributed by atoms with Gasteiger partial charge in [0, 0.05) is 4.47 Å². The van der Waals surface area contributed by atoms with E-state index in [1.54, 1.807) is 30.3 Å². The van der Waals surface area contributed by atoms with E-state index < -0.39 is 10.0 Å². The Kier molecular flexibility index (Phi) is 4.63. The lowest BCUT2D eigenvalue weighted by atomic mass is 10.2. The zero-order chi connectivity index (χ0) is 15.5. The highest BCUT2D eigenvalue weighted by Gasteiger charge is 2.15. The number of rotatable bonds is 4. The molecular weight excluding hydrogens is 356 g/mol. The van der Waals surface area contributed by atoms with Crippen molar-refractivity contribution in [2.75, 3.05) is 0 Å². The second kappa shape index (κ2) is 6.26. The van der Waals surface area contributed by atoms with E-state index in [9.17, 15) is 8.42 Å². The molecule has 0 atom stereocenters. The fourth-order valence-electron chi connectivity index (χ4n) is 1.66. The van der Waals surface area contributed by atoms with Gasteiger partial charge in [0.05, 0.1) is 11.6 Å². The number of ether oxygens (including phenoxy) is 1. The van der Waals surface area contributed by atoms with Gasteiger partial charge in [0.1, 0.15) is 17.3 Å². The topological polar surface area (TPSA) is 93.2 Å². The smallest absolute Gasteiger partial charge is 0.241 e. The standard InChI is InChI=1S/C14H11BrN2O3S/c15-12-5-6-13(14(7-12)21(17,18)19)20-9-11-3-1-10(8-16)2-4-11/h1-7H,9H2,(H2,17,18,19). The molecule has 2 rings (SSSR count). The van der Waals surface area contributed by atoms with Crippen LogP contribution in [0.1, 0.15) is 11.1 Å². The highest BCUT2D eigenvalue weighted by Crippen LogP contribution is 2.27. The molecule has 7 heteroatoms. The molecule has 0 radical (unpaired) electrons. The zero-order valence-corrected chi connectivity index (χ0v) is 13.2. The van der Waals surface area contributed by atoms with Gasteiger partial charge in [-0.1, -0.05) is 28.1 Å². The average Bonchev–Trinajstić information content (AvgIpc) is 2.45. The van der Waals surface area contributed by atoms with E-state index in [2.05, 4.69) is 15.9 Å². The maximum atomic E-state index is 11.5. The van der Waals surface area contributed by atoms with E-state index >= 15 is 0 Å². The second-order valence-electron chi connectivity index (χ2n) is 4.23. The van der Waals surface area contributed by atoms with Gasteiger partial charge in [0.25, 0.3) is 0 Å². The Hall–Kier alpha value is -1.88. The highest BCUT2D eigenvalue weighted by atomic mass is 79.9. The molecule has 0 saturated carbocycles. The van der Waals surface area contributed by atoms with E-state index in [0.717, 1.165) is 5.56 Å². The lowest BCUT2D eigenvalue weighted by Crippen LogP contribution is -2.14. The molecule has 2 aromatic carbocycles. The molecule has 0 unspecified atom stereocenters. The van der Waals surface area contributed by atoms with Crippen molar-refractivity contribution in [3.05, 3.63) is 58.1 Å². The van der Waals surface area contributed by atoms with Gasteiger partial charge >= 0.3 is 0 Å². The van der Waals surface area contributed by atoms with Crippen molar-refractivity contribution in [1.82, 2.24) is 0 Å². The summed E-state index contributed by atoms with van der Waals surface area (Å²) in [6.07, 6.45) is 0. The SMILES string of the molecule is N#Cc1ccc(COc2ccc(Br)cc2S(N)(=O)=O)cc1. The van der Waals surface area contributed by atoms with Crippen LogP contribution in [-0.4, -0.2) is 8.42 Å². The Morgan fingerprint density at radius 3 is 2.43 bits per heavy atom. The molecule has 0 heterocycles. The first-order chi connectivity index (χ1) is 9.90. The normalized spacial score (nSPS) is 10.9. The molecule has 0 fully saturated rings. The van der Waals surface area contributed by atoms with Crippen LogP contribution < -0.4 is 9.88 Å². The predicted octanol–water partition coefficient (Wildman–Crippen LogP) is 2.55. The number of nitriles is 1. The van der Waals surface area contributed by atoms with Crippen LogP contribution in [0.3, 0.4) is 0 Å². The maximum Gasteiger partial charge on any atom is 0.241 e. The summed E-state index contributed by atoms with van der Waals surface area (Å²) in [5, 5.41) is 13.9. The van der Waals surface area contributed by atoms with Crippen molar-refractivity contribution in [3.8, 4) is 11.8 Å². The summed E-state index contributed by atoms with van der Waals surface area (Å²) in [7, 11) is -3.87. The van der Waals surface area contributed by atoms with Gasteiger partial charge in [0.2, 0.25) is 10.0 Å². The van der Waals surface area contributed by atoms with E-state index in [4.69, 9.17) is 15.1 Å². The molecule has 108 valence electrons. The van der Waals surface area contributed by atoms with Crippen molar-refractivity contribution < 1.29 is 13.2 Å². The molecule has 0 saturated heterocycles. The fourth-order valence-corrected chi connectivity index (χ4v) is 2.87. The van der Waals surface area contributed by atoms with Gasteiger partial charge in [-0.15, -0.1) is 0 Å². The van der Waals surface area contributed by atoms with Crippen molar-refractivity contribution in [2.45, 2.75) is 11.5 Å². The van der Waals surface area contributed by atoms with Crippen molar-refractivity contribution >= 4 is 26.0 Å². The van der Waals surface area contributed by atoms with Crippen LogP contribution in [0.5, 0.6) is 5.75 Å². The van der Waals surface area contributed by atoms with Gasteiger partial charge in [-0.25, -0.2) is 13.6 Å². The molecule has 5 nitrogen and oxygen atoms in total. The van der Waals surface area contributed by atoms with E-state index in [0.29, 0.717) is 10.0 Å². The molecule has 2 aromatic rings. The monoisotopic (exact) mass is 366 g/mol. The summed E-state index contributed by atoms with van der Waals surface area (Å²) in [4.78, 5) is -0.0782. The first kappa shape index (κ1) is 15.5. The molecule has 0 bridgehead atoms. The van der Waals surface area contributed by atoms with E-state index in [1.165, 1.54) is 12.1 Å². The second-order valence-corrected chi connectivity index (χ2v) is 6.68. The molecule has 0 spiro atoms. The summed E-state index contributed by atoms with van der Waals surface area (Å²) in [6, 6.07) is 13.4. The first-order valence-electron chi connectivity index (χ1n) is 5.84. The maximum absolute atomic E-state index is 11.5. The summed E-state index contributed by atoms with van der Waals surface area (Å²) < 4.78 is 29.2. The number of primary sulfonamides is 1. The number of nitrogens with two attached hydrogens (primary N) is 1. The number of nitrogens with zero attached hydrogens (tertiary/aromatic N) is 1. The number of benzene rings is 2. The summed E-state index contributed by atoms with van der Waals surface area (Å²) >= 11 is 3.19. The molecule has 0 aromatic heterocycles. The Morgan fingerprint density at radius 2 is 1.86 bits per heavy atom. The van der Waals surface area contributed by atoms with Crippen LogP contribution in [0.15, 0.2) is 51.8 Å². The van der Waals surface area contributed by atoms with Crippen LogP contribution in [-0.2, 0) is 16.6 Å². The number of hydrogen-bond acceptors (Lipinski definition) is 4. The van der Waals surface area contributed by atoms with Crippen molar-refractivity contribution in [3.63, 3.8) is 0 Å². The Bertz CT molecular complexity index is 796. The average molecular weight is 367 g/mol. The highest BCUT2D eigenvalue weighted by molar-refractivity contribution is 9.10. The summed E-state index contributed by atoms with van der Waals surface area (Å²) in [5.41, 5.74) is 1.37. The van der Waals surface area contributed by atoms with Crippen LogP contribution in [0.4, 0.5) is 0 Å². The molecule has 21 heavy (non-hydrogen) atoms. The largest absolute Gasteiger partial charge is 0.487 e. The fraction of sp³-hybridized carbons (Fsp3) is 0.0714. The van der Waals surface area contributed by atoms with Crippen LogP contribution >= 0.6 is 15.9 Å². The molecule has 0 aliphatic carbocycles. The predicted molar refractivity (Wildman–Crippen MR) is 81.0 cm³/mol. The molecular formula is C14H11BrN2O3S. The Balaban J connectivity index is 2.22. The number of sulfonamides is 1. The first-order valence-corrected chi connectivity index (χ1v) is 8.18. The third kappa shape index (κ3) is 4.04. The summed E-state index contributed by atoms with van der Waals surface area (Å²) in [5.74, 6) is 0.185. The van der Waals surface area contributed by atoms with Gasteiger partial charge in [0.15, 0.2) is 0 Å². The Morgan fingerprint density at radius 1 is 1.19 bits per heavy atom. The van der Waals surface area contributed by atoms with Gasteiger partial charge in [-0.05, 0) is 35.9 Å². The van der Waals surface area contributed by atoms with Crippen LogP contribution in [0.25, 0.3) is 0 Å². The van der Waals surface area contributed by atoms with Gasteiger partial charge in [-0.2, -0.15) is 5.26 Å². The lowest BCUT2D eigenvalue weighted by Gasteiger charge is -2.10. The third-order valence-corrected chi connectivity index (χ3v) is 4.11. The minimum atomic E-state index is -3.87. The van der Waals surface area contributed by atoms with E-state index in [1.807, 2.05) is 6.07 Å². The third-order valence-electron chi connectivity index (χ3n) is 2.69. The molecule has 0 aliphatic heterocycles. The van der Waals surface area contributed by atoms with Gasteiger partial charge < -0.3 is 4.74 Å². The molecule has 0 amide bonds. The Labute approximate surface area is 131 Å². The lowest BCUT2D eigenvalue weighted by molar-refractivity contribution is 0.298. The molecule has 2 N–H and O–H groups in total. The molecule has 0 aliphatic rings. The number of hydrogen-bond donors (Lipinski definition) is 1.